The number of nitrogens with zero attached hydrogens (tertiary/aromatic N) is 2. The van der Waals surface area contributed by atoms with Crippen LogP contribution in [0.1, 0.15) is 13.8 Å². The van der Waals surface area contributed by atoms with Gasteiger partial charge in [-0.1, -0.05) is 13.8 Å². The fourth-order valence-electron chi connectivity index (χ4n) is 3.99. The van der Waals surface area contributed by atoms with Gasteiger partial charge >= 0.3 is 5.97 Å². The van der Waals surface area contributed by atoms with Gasteiger partial charge in [-0.25, -0.2) is 30.7 Å². The number of nitrogens with two attached hydrogens (primary N) is 1. The lowest BCUT2D eigenvalue weighted by atomic mass is 10.0. The van der Waals surface area contributed by atoms with E-state index >= 15 is 0 Å². The number of benzene rings is 3. The number of fused-ring (bicyclic) bond motifs is 1. The summed E-state index contributed by atoms with van der Waals surface area (Å²) in [7, 11) is -3.40. The van der Waals surface area contributed by atoms with Crippen molar-refractivity contribution >= 4 is 32.4 Å². The second-order valence-corrected chi connectivity index (χ2v) is 12.2. The average Bonchev–Trinajstić information content (AvgIpc) is 3.27. The maximum absolute atomic E-state index is 15.0. The molecule has 0 amide bonds. The van der Waals surface area contributed by atoms with Crippen LogP contribution in [0.3, 0.4) is 0 Å². The lowest BCUT2D eigenvalue weighted by Gasteiger charge is -2.15. The van der Waals surface area contributed by atoms with Gasteiger partial charge in [-0.2, -0.15) is 5.10 Å². The Kier molecular flexibility index (Phi) is 9.06. The van der Waals surface area contributed by atoms with E-state index in [2.05, 4.69) is 10.4 Å². The van der Waals surface area contributed by atoms with Gasteiger partial charge in [0.15, 0.2) is 18.3 Å². The SMILES string of the molecule is CC(C)C(N)C(=O)OCn1nc(-c2cc(F)ccc2F)c2c(NCCS(C)(=O)=O)cc(Oc3ccc(F)cc3F)cc21. The first-order valence-electron chi connectivity index (χ1n) is 12.7. The summed E-state index contributed by atoms with van der Waals surface area (Å²) in [6.45, 7) is 2.86. The van der Waals surface area contributed by atoms with Crippen molar-refractivity contribution in [3.63, 3.8) is 0 Å². The van der Waals surface area contributed by atoms with E-state index in [0.29, 0.717) is 6.07 Å². The minimum atomic E-state index is -3.40. The molecule has 0 saturated heterocycles. The number of anilines is 1. The first-order valence-corrected chi connectivity index (χ1v) is 14.8. The standard InChI is InChI=1S/C28H28F4N4O5S/c1-15(2)26(33)28(37)40-14-36-23-13-18(41-24-7-5-17(30)11-21(24)32)12-22(34-8-9-42(3,38)39)25(23)27(35-36)19-10-16(29)4-6-20(19)31/h4-7,10-13,15,26,34H,8-9,14,33H2,1-3H3. The van der Waals surface area contributed by atoms with E-state index in [1.807, 2.05) is 0 Å². The lowest BCUT2D eigenvalue weighted by Crippen LogP contribution is -2.37. The highest BCUT2D eigenvalue weighted by atomic mass is 32.2. The van der Waals surface area contributed by atoms with E-state index in [9.17, 15) is 30.8 Å². The molecule has 0 aliphatic heterocycles. The minimum absolute atomic E-state index is 0.00696. The number of hydrogen-bond acceptors (Lipinski definition) is 8. The van der Waals surface area contributed by atoms with Crippen molar-refractivity contribution < 1.29 is 40.2 Å². The van der Waals surface area contributed by atoms with E-state index in [0.717, 1.165) is 36.6 Å². The molecule has 0 fully saturated rings. The molecule has 3 N–H and O–H groups in total. The van der Waals surface area contributed by atoms with Gasteiger partial charge in [0.05, 0.1) is 16.7 Å². The molecule has 224 valence electrons. The summed E-state index contributed by atoms with van der Waals surface area (Å²) in [6, 6.07) is 7.29. The predicted octanol–water partition coefficient (Wildman–Crippen LogP) is 4.99. The average molecular weight is 609 g/mol. The third-order valence-electron chi connectivity index (χ3n) is 6.24. The third-order valence-corrected chi connectivity index (χ3v) is 7.19. The number of rotatable bonds is 11. The summed E-state index contributed by atoms with van der Waals surface area (Å²) >= 11 is 0. The Balaban J connectivity index is 1.90. The van der Waals surface area contributed by atoms with Crippen molar-refractivity contribution in [1.82, 2.24) is 9.78 Å². The fourth-order valence-corrected chi connectivity index (χ4v) is 4.46. The van der Waals surface area contributed by atoms with Crippen LogP contribution in [0.25, 0.3) is 22.2 Å². The Morgan fingerprint density at radius 2 is 1.71 bits per heavy atom. The Morgan fingerprint density at radius 1 is 1.02 bits per heavy atom. The summed E-state index contributed by atoms with van der Waals surface area (Å²) < 4.78 is 92.8. The molecule has 0 spiro atoms. The molecule has 0 saturated carbocycles. The molecule has 0 bridgehead atoms. The van der Waals surface area contributed by atoms with Crippen LogP contribution in [0, 0.1) is 29.2 Å². The number of sulfone groups is 1. The zero-order valence-corrected chi connectivity index (χ0v) is 23.6. The van der Waals surface area contributed by atoms with Gasteiger partial charge < -0.3 is 20.5 Å². The molecule has 14 heteroatoms. The van der Waals surface area contributed by atoms with Gasteiger partial charge in [0, 0.05) is 42.3 Å². The minimum Gasteiger partial charge on any atom is -0.454 e. The molecule has 3 aromatic carbocycles. The van der Waals surface area contributed by atoms with E-state index in [1.165, 1.54) is 16.8 Å². The molecule has 1 unspecified atom stereocenters. The van der Waals surface area contributed by atoms with Crippen LogP contribution in [0.5, 0.6) is 11.5 Å². The number of aromatic nitrogens is 2. The molecular weight excluding hydrogens is 580 g/mol. The zero-order chi connectivity index (χ0) is 30.8. The first-order chi connectivity index (χ1) is 19.7. The molecule has 4 aromatic rings. The number of ether oxygens (including phenoxy) is 2. The van der Waals surface area contributed by atoms with E-state index in [-0.39, 0.29) is 57.6 Å². The first kappa shape index (κ1) is 30.8. The zero-order valence-electron chi connectivity index (χ0n) is 22.8. The number of hydrogen-bond donors (Lipinski definition) is 2. The summed E-state index contributed by atoms with van der Waals surface area (Å²) in [5, 5.41) is 7.52. The molecule has 0 aliphatic rings. The van der Waals surface area contributed by atoms with Crippen molar-refractivity contribution in [3.05, 3.63) is 71.8 Å². The van der Waals surface area contributed by atoms with Gasteiger partial charge in [-0.05, 0) is 36.2 Å². The Morgan fingerprint density at radius 3 is 2.38 bits per heavy atom. The van der Waals surface area contributed by atoms with Crippen LogP contribution in [-0.4, -0.2) is 48.8 Å². The molecular formula is C28H28F4N4O5S. The predicted molar refractivity (Wildman–Crippen MR) is 149 cm³/mol. The van der Waals surface area contributed by atoms with Gasteiger partial charge in [-0.3, -0.25) is 4.79 Å². The molecule has 0 aliphatic carbocycles. The highest BCUT2D eigenvalue weighted by Crippen LogP contribution is 2.39. The van der Waals surface area contributed by atoms with E-state index in [1.54, 1.807) is 13.8 Å². The number of carbonyl (C=O) groups is 1. The quantitative estimate of drug-likeness (QED) is 0.180. The Bertz CT molecular complexity index is 1740. The van der Waals surface area contributed by atoms with Crippen LogP contribution in [0.2, 0.25) is 0 Å². The highest BCUT2D eigenvalue weighted by molar-refractivity contribution is 7.90. The van der Waals surface area contributed by atoms with E-state index < -0.39 is 51.8 Å². The summed E-state index contributed by atoms with van der Waals surface area (Å²) in [5.74, 6) is -4.95. The van der Waals surface area contributed by atoms with Gasteiger partial charge in [0.25, 0.3) is 0 Å². The van der Waals surface area contributed by atoms with Gasteiger partial charge in [-0.15, -0.1) is 0 Å². The Labute approximate surface area is 239 Å². The van der Waals surface area contributed by atoms with Crippen molar-refractivity contribution in [2.75, 3.05) is 23.9 Å². The van der Waals surface area contributed by atoms with Crippen molar-refractivity contribution in [2.45, 2.75) is 26.6 Å². The number of halogens is 4. The maximum atomic E-state index is 15.0. The molecule has 9 nitrogen and oxygen atoms in total. The second-order valence-electron chi connectivity index (χ2n) is 9.93. The normalized spacial score (nSPS) is 12.5. The topological polar surface area (TPSA) is 126 Å². The van der Waals surface area contributed by atoms with Crippen molar-refractivity contribution in [1.29, 1.82) is 0 Å². The van der Waals surface area contributed by atoms with Crippen LogP contribution in [0.15, 0.2) is 48.5 Å². The van der Waals surface area contributed by atoms with Gasteiger partial charge in [0.2, 0.25) is 0 Å². The van der Waals surface area contributed by atoms with Crippen LogP contribution >= 0.6 is 0 Å². The molecule has 1 aromatic heterocycles. The van der Waals surface area contributed by atoms with Crippen molar-refractivity contribution in [2.24, 2.45) is 11.7 Å². The maximum Gasteiger partial charge on any atom is 0.324 e. The summed E-state index contributed by atoms with van der Waals surface area (Å²) in [5.41, 5.74) is 5.93. The van der Waals surface area contributed by atoms with Gasteiger partial charge in [0.1, 0.15) is 44.8 Å². The van der Waals surface area contributed by atoms with Crippen LogP contribution in [-0.2, 0) is 26.1 Å². The second kappa shape index (κ2) is 12.4. The number of esters is 1. The smallest absolute Gasteiger partial charge is 0.324 e. The Hall–Kier alpha value is -4.17. The molecule has 1 atom stereocenters. The highest BCUT2D eigenvalue weighted by Gasteiger charge is 2.24. The third kappa shape index (κ3) is 7.18. The molecule has 42 heavy (non-hydrogen) atoms. The van der Waals surface area contributed by atoms with Crippen LogP contribution in [0.4, 0.5) is 23.2 Å². The van der Waals surface area contributed by atoms with Crippen LogP contribution < -0.4 is 15.8 Å². The molecule has 4 rings (SSSR count). The van der Waals surface area contributed by atoms with Crippen molar-refractivity contribution in [3.8, 4) is 22.8 Å². The number of carbonyl (C=O) groups excluding carboxylic acids is 1. The summed E-state index contributed by atoms with van der Waals surface area (Å²) in [6.07, 6.45) is 1.04. The monoisotopic (exact) mass is 608 g/mol. The number of nitrogens with one attached hydrogen (secondary N) is 1. The molecule has 1 heterocycles. The molecule has 0 radical (unpaired) electrons. The lowest BCUT2D eigenvalue weighted by molar-refractivity contribution is -0.150. The fraction of sp³-hybridized carbons (Fsp3) is 0.286. The van der Waals surface area contributed by atoms with E-state index in [4.69, 9.17) is 15.2 Å². The largest absolute Gasteiger partial charge is 0.454 e. The summed E-state index contributed by atoms with van der Waals surface area (Å²) in [4.78, 5) is 12.5.